The third kappa shape index (κ3) is 3.98. The largest absolute Gasteiger partial charge is 0.481 e. The second-order valence-electron chi connectivity index (χ2n) is 3.20. The summed E-state index contributed by atoms with van der Waals surface area (Å²) in [6, 6.07) is 1.01. The van der Waals surface area contributed by atoms with Gasteiger partial charge >= 0.3 is 11.9 Å². The predicted molar refractivity (Wildman–Crippen MR) is 58.2 cm³/mol. The molecular formula is C9H8ClN3O5. The van der Waals surface area contributed by atoms with E-state index < -0.39 is 30.3 Å². The number of carbonyl (C=O) groups is 3. The van der Waals surface area contributed by atoms with Crippen LogP contribution in [-0.4, -0.2) is 44.3 Å². The summed E-state index contributed by atoms with van der Waals surface area (Å²) in [5, 5.41) is 26.2. The van der Waals surface area contributed by atoms with Crippen molar-refractivity contribution in [2.75, 3.05) is 0 Å². The summed E-state index contributed by atoms with van der Waals surface area (Å²) in [5.74, 6) is -3.63. The molecule has 1 aromatic rings. The first-order chi connectivity index (χ1) is 8.40. The summed E-state index contributed by atoms with van der Waals surface area (Å²) >= 11 is 5.46. The molecule has 1 unspecified atom stereocenters. The molecule has 0 aliphatic rings. The van der Waals surface area contributed by atoms with Crippen LogP contribution in [0, 0.1) is 0 Å². The maximum Gasteiger partial charge on any atom is 0.326 e. The van der Waals surface area contributed by atoms with E-state index in [1.807, 2.05) is 5.32 Å². The monoisotopic (exact) mass is 273 g/mol. The van der Waals surface area contributed by atoms with Crippen molar-refractivity contribution < 1.29 is 24.6 Å². The maximum absolute atomic E-state index is 11.5. The Morgan fingerprint density at radius 2 is 1.94 bits per heavy atom. The molecule has 1 rings (SSSR count). The van der Waals surface area contributed by atoms with E-state index in [0.29, 0.717) is 0 Å². The Balaban J connectivity index is 2.75. The van der Waals surface area contributed by atoms with Gasteiger partial charge in [-0.15, -0.1) is 10.2 Å². The molecule has 96 valence electrons. The van der Waals surface area contributed by atoms with Crippen molar-refractivity contribution in [1.29, 1.82) is 0 Å². The number of halogens is 1. The number of amides is 1. The number of hydrogen-bond donors (Lipinski definition) is 3. The summed E-state index contributed by atoms with van der Waals surface area (Å²) in [4.78, 5) is 32.7. The van der Waals surface area contributed by atoms with E-state index in [9.17, 15) is 14.4 Å². The molecule has 0 aliphatic heterocycles. The molecule has 0 fully saturated rings. The van der Waals surface area contributed by atoms with Crippen molar-refractivity contribution in [3.63, 3.8) is 0 Å². The minimum Gasteiger partial charge on any atom is -0.481 e. The Morgan fingerprint density at radius 1 is 1.28 bits per heavy atom. The molecule has 0 saturated carbocycles. The van der Waals surface area contributed by atoms with Gasteiger partial charge in [0.2, 0.25) is 0 Å². The molecule has 1 aromatic heterocycles. The predicted octanol–water partition coefficient (Wildman–Crippen LogP) is -0.212. The Labute approximate surface area is 106 Å². The number of carboxylic acid groups (broad SMARTS) is 2. The molecule has 0 saturated heterocycles. The molecule has 9 heteroatoms. The van der Waals surface area contributed by atoms with Gasteiger partial charge in [0.1, 0.15) is 6.04 Å². The van der Waals surface area contributed by atoms with Crippen LogP contribution in [0.1, 0.15) is 16.9 Å². The number of carboxylic acids is 2. The fraction of sp³-hybridized carbons (Fsp3) is 0.222. The minimum atomic E-state index is -1.53. The molecule has 0 aromatic carbocycles. The Bertz CT molecular complexity index is 476. The van der Waals surface area contributed by atoms with E-state index in [0.717, 1.165) is 0 Å². The van der Waals surface area contributed by atoms with Gasteiger partial charge in [-0.3, -0.25) is 9.59 Å². The average molecular weight is 274 g/mol. The SMILES string of the molecule is O=C(O)CC(NC(=O)c1ccc(Cl)nn1)C(=O)O. The highest BCUT2D eigenvalue weighted by Crippen LogP contribution is 2.03. The van der Waals surface area contributed by atoms with E-state index in [-0.39, 0.29) is 10.8 Å². The van der Waals surface area contributed by atoms with Crippen molar-refractivity contribution in [3.8, 4) is 0 Å². The zero-order chi connectivity index (χ0) is 13.7. The van der Waals surface area contributed by atoms with Crippen LogP contribution < -0.4 is 5.32 Å². The standard InChI is InChI=1S/C9H8ClN3O5/c10-6-2-1-4(12-13-6)8(16)11-5(9(17)18)3-7(14)15/h1-2,5H,3H2,(H,11,16)(H,14,15)(H,17,18). The number of aliphatic carboxylic acids is 2. The number of aromatic nitrogens is 2. The topological polar surface area (TPSA) is 129 Å². The first-order valence-electron chi connectivity index (χ1n) is 4.65. The van der Waals surface area contributed by atoms with Gasteiger partial charge in [0.05, 0.1) is 6.42 Å². The van der Waals surface area contributed by atoms with Crippen molar-refractivity contribution in [3.05, 3.63) is 23.0 Å². The first kappa shape index (κ1) is 13.8. The van der Waals surface area contributed by atoms with E-state index in [4.69, 9.17) is 21.8 Å². The summed E-state index contributed by atoms with van der Waals surface area (Å²) < 4.78 is 0. The normalized spacial score (nSPS) is 11.6. The van der Waals surface area contributed by atoms with Crippen LogP contribution >= 0.6 is 11.6 Å². The Kier molecular flexibility index (Phi) is 4.55. The second-order valence-corrected chi connectivity index (χ2v) is 3.59. The van der Waals surface area contributed by atoms with Crippen LogP contribution in [0.4, 0.5) is 0 Å². The molecule has 1 heterocycles. The molecule has 0 radical (unpaired) electrons. The Morgan fingerprint density at radius 3 is 2.39 bits per heavy atom. The molecule has 8 nitrogen and oxygen atoms in total. The van der Waals surface area contributed by atoms with Gasteiger partial charge in [-0.1, -0.05) is 11.6 Å². The smallest absolute Gasteiger partial charge is 0.326 e. The van der Waals surface area contributed by atoms with Gasteiger partial charge in [-0.05, 0) is 12.1 Å². The molecule has 18 heavy (non-hydrogen) atoms. The van der Waals surface area contributed by atoms with Crippen LogP contribution in [0.25, 0.3) is 0 Å². The fourth-order valence-electron chi connectivity index (χ4n) is 1.04. The van der Waals surface area contributed by atoms with Crippen LogP contribution in [0.3, 0.4) is 0 Å². The van der Waals surface area contributed by atoms with Gasteiger partial charge in [0.25, 0.3) is 5.91 Å². The summed E-state index contributed by atoms with van der Waals surface area (Å²) in [6.07, 6.45) is -0.734. The summed E-state index contributed by atoms with van der Waals surface area (Å²) in [7, 11) is 0. The highest BCUT2D eigenvalue weighted by Gasteiger charge is 2.24. The van der Waals surface area contributed by atoms with Gasteiger partial charge in [-0.25, -0.2) is 4.79 Å². The fourth-order valence-corrected chi connectivity index (χ4v) is 1.14. The zero-order valence-corrected chi connectivity index (χ0v) is 9.59. The van der Waals surface area contributed by atoms with Gasteiger partial charge < -0.3 is 15.5 Å². The highest BCUT2D eigenvalue weighted by molar-refractivity contribution is 6.29. The Hall–Kier alpha value is -2.22. The minimum absolute atomic E-state index is 0.0758. The number of nitrogens with one attached hydrogen (secondary N) is 1. The molecule has 3 N–H and O–H groups in total. The van der Waals surface area contributed by atoms with Crippen LogP contribution in [0.5, 0.6) is 0 Å². The second kappa shape index (κ2) is 5.92. The van der Waals surface area contributed by atoms with Crippen LogP contribution in [-0.2, 0) is 9.59 Å². The lowest BCUT2D eigenvalue weighted by Crippen LogP contribution is -2.42. The number of carbonyl (C=O) groups excluding carboxylic acids is 1. The van der Waals surface area contributed by atoms with Gasteiger partial charge in [0, 0.05) is 0 Å². The molecule has 0 bridgehead atoms. The molecular weight excluding hydrogens is 266 g/mol. The van der Waals surface area contributed by atoms with Crippen molar-refractivity contribution >= 4 is 29.4 Å². The van der Waals surface area contributed by atoms with Crippen LogP contribution in [0.15, 0.2) is 12.1 Å². The van der Waals surface area contributed by atoms with E-state index in [1.54, 1.807) is 0 Å². The first-order valence-corrected chi connectivity index (χ1v) is 5.02. The highest BCUT2D eigenvalue weighted by atomic mass is 35.5. The number of rotatable bonds is 5. The average Bonchev–Trinajstić information content (AvgIpc) is 2.28. The van der Waals surface area contributed by atoms with Gasteiger partial charge in [-0.2, -0.15) is 0 Å². The maximum atomic E-state index is 11.5. The molecule has 0 spiro atoms. The van der Waals surface area contributed by atoms with Crippen LogP contribution in [0.2, 0.25) is 5.15 Å². The molecule has 1 atom stereocenters. The lowest BCUT2D eigenvalue weighted by Gasteiger charge is -2.11. The molecule has 0 aliphatic carbocycles. The van der Waals surface area contributed by atoms with E-state index >= 15 is 0 Å². The van der Waals surface area contributed by atoms with Crippen molar-refractivity contribution in [2.24, 2.45) is 0 Å². The third-order valence-corrected chi connectivity index (χ3v) is 2.05. The number of nitrogens with zero attached hydrogens (tertiary/aromatic N) is 2. The van der Waals surface area contributed by atoms with Crippen molar-refractivity contribution in [2.45, 2.75) is 12.5 Å². The number of hydrogen-bond acceptors (Lipinski definition) is 5. The zero-order valence-electron chi connectivity index (χ0n) is 8.83. The summed E-state index contributed by atoms with van der Waals surface area (Å²) in [6.45, 7) is 0. The lowest BCUT2D eigenvalue weighted by atomic mass is 10.2. The lowest BCUT2D eigenvalue weighted by molar-refractivity contribution is -0.145. The van der Waals surface area contributed by atoms with E-state index in [1.165, 1.54) is 12.1 Å². The third-order valence-electron chi connectivity index (χ3n) is 1.85. The molecule has 1 amide bonds. The quantitative estimate of drug-likeness (QED) is 0.676. The summed E-state index contributed by atoms with van der Waals surface area (Å²) in [5.41, 5.74) is -0.156. The van der Waals surface area contributed by atoms with Crippen molar-refractivity contribution in [1.82, 2.24) is 15.5 Å². The van der Waals surface area contributed by atoms with E-state index in [2.05, 4.69) is 10.2 Å². The van der Waals surface area contributed by atoms with Gasteiger partial charge in [0.15, 0.2) is 10.8 Å².